The van der Waals surface area contributed by atoms with Crippen molar-refractivity contribution in [1.29, 1.82) is 0 Å². The van der Waals surface area contributed by atoms with Crippen LogP contribution in [0.3, 0.4) is 0 Å². The molecular weight excluding hydrogens is 193 g/mol. The van der Waals surface area contributed by atoms with Gasteiger partial charge in [0.15, 0.2) is 0 Å². The van der Waals surface area contributed by atoms with Crippen molar-refractivity contribution in [3.05, 3.63) is 35.1 Å². The van der Waals surface area contributed by atoms with Crippen LogP contribution in [0.25, 0.3) is 0 Å². The molecule has 1 N–H and O–H groups in total. The van der Waals surface area contributed by atoms with E-state index in [0.29, 0.717) is 0 Å². The van der Waals surface area contributed by atoms with E-state index in [4.69, 9.17) is 0 Å². The van der Waals surface area contributed by atoms with Crippen molar-refractivity contribution in [3.8, 4) is 0 Å². The predicted octanol–water partition coefficient (Wildman–Crippen LogP) is 1.81. The Morgan fingerprint density at radius 1 is 1.53 bits per heavy atom. The van der Waals surface area contributed by atoms with Gasteiger partial charge in [-0.25, -0.2) is 4.39 Å². The number of carbonyl (C=O) groups is 1. The molecule has 0 aromatic heterocycles. The summed E-state index contributed by atoms with van der Waals surface area (Å²) in [7, 11) is 0. The third-order valence-electron chi connectivity index (χ3n) is 2.93. The van der Waals surface area contributed by atoms with E-state index < -0.39 is 0 Å². The summed E-state index contributed by atoms with van der Waals surface area (Å²) in [5.41, 5.74) is 1.99. The molecular formula is C12H14FNO. The fraction of sp³-hybridized carbons (Fsp3) is 0.417. The molecule has 0 bridgehead atoms. The standard InChI is InChI=1S/C12H14FNO/c1-8-6-11(13)3-2-9(8)7-10-4-5-14-12(10)15/h2-3,6,10H,4-5,7H2,1H3,(H,14,15). The Morgan fingerprint density at radius 3 is 2.93 bits per heavy atom. The minimum absolute atomic E-state index is 0.0640. The number of hydrogen-bond acceptors (Lipinski definition) is 1. The molecule has 1 aromatic carbocycles. The van der Waals surface area contributed by atoms with E-state index in [0.717, 1.165) is 30.5 Å². The average Bonchev–Trinajstić information content (AvgIpc) is 2.57. The molecule has 1 amide bonds. The summed E-state index contributed by atoms with van der Waals surface area (Å²) in [6.45, 7) is 2.65. The zero-order chi connectivity index (χ0) is 10.8. The van der Waals surface area contributed by atoms with Gasteiger partial charge in [0, 0.05) is 12.5 Å². The van der Waals surface area contributed by atoms with Crippen LogP contribution in [0.15, 0.2) is 18.2 Å². The largest absolute Gasteiger partial charge is 0.356 e. The Kier molecular flexibility index (Phi) is 2.71. The normalized spacial score (nSPS) is 20.4. The van der Waals surface area contributed by atoms with Crippen LogP contribution in [0.4, 0.5) is 4.39 Å². The average molecular weight is 207 g/mol. The van der Waals surface area contributed by atoms with E-state index in [1.165, 1.54) is 12.1 Å². The molecule has 2 nitrogen and oxygen atoms in total. The third-order valence-corrected chi connectivity index (χ3v) is 2.93. The zero-order valence-electron chi connectivity index (χ0n) is 8.72. The molecule has 1 saturated heterocycles. The molecule has 0 saturated carbocycles. The molecule has 1 aliphatic heterocycles. The Balaban J connectivity index is 2.13. The van der Waals surface area contributed by atoms with Gasteiger partial charge in [-0.1, -0.05) is 6.07 Å². The number of rotatable bonds is 2. The monoisotopic (exact) mass is 207 g/mol. The number of nitrogens with one attached hydrogen (secondary N) is 1. The molecule has 3 heteroatoms. The van der Waals surface area contributed by atoms with Crippen molar-refractivity contribution in [2.45, 2.75) is 19.8 Å². The summed E-state index contributed by atoms with van der Waals surface area (Å²) in [5, 5.41) is 2.81. The smallest absolute Gasteiger partial charge is 0.223 e. The lowest BCUT2D eigenvalue weighted by Crippen LogP contribution is -2.20. The summed E-state index contributed by atoms with van der Waals surface area (Å²) < 4.78 is 12.9. The van der Waals surface area contributed by atoms with Crippen molar-refractivity contribution < 1.29 is 9.18 Å². The van der Waals surface area contributed by atoms with Crippen LogP contribution in [0, 0.1) is 18.7 Å². The van der Waals surface area contributed by atoms with Crippen molar-refractivity contribution in [2.24, 2.45) is 5.92 Å². The molecule has 1 aliphatic rings. The number of aryl methyl sites for hydroxylation is 1. The highest BCUT2D eigenvalue weighted by Gasteiger charge is 2.24. The van der Waals surface area contributed by atoms with Gasteiger partial charge < -0.3 is 5.32 Å². The van der Waals surface area contributed by atoms with Crippen molar-refractivity contribution in [1.82, 2.24) is 5.32 Å². The summed E-state index contributed by atoms with van der Waals surface area (Å²) in [6.07, 6.45) is 1.60. The first kappa shape index (κ1) is 10.1. The van der Waals surface area contributed by atoms with E-state index >= 15 is 0 Å². The van der Waals surface area contributed by atoms with Gasteiger partial charge in [-0.2, -0.15) is 0 Å². The first-order valence-corrected chi connectivity index (χ1v) is 5.19. The van der Waals surface area contributed by atoms with Crippen LogP contribution < -0.4 is 5.32 Å². The van der Waals surface area contributed by atoms with Crippen LogP contribution in [-0.4, -0.2) is 12.5 Å². The lowest BCUT2D eigenvalue weighted by Gasteiger charge is -2.09. The second-order valence-corrected chi connectivity index (χ2v) is 4.05. The summed E-state index contributed by atoms with van der Waals surface area (Å²) in [6, 6.07) is 4.74. The molecule has 1 heterocycles. The fourth-order valence-corrected chi connectivity index (χ4v) is 1.99. The first-order valence-electron chi connectivity index (χ1n) is 5.19. The van der Waals surface area contributed by atoms with Crippen molar-refractivity contribution in [3.63, 3.8) is 0 Å². The van der Waals surface area contributed by atoms with Crippen LogP contribution in [0.5, 0.6) is 0 Å². The van der Waals surface area contributed by atoms with Gasteiger partial charge in [0.2, 0.25) is 5.91 Å². The highest BCUT2D eigenvalue weighted by molar-refractivity contribution is 5.80. The van der Waals surface area contributed by atoms with Crippen LogP contribution in [0.1, 0.15) is 17.5 Å². The minimum atomic E-state index is -0.216. The van der Waals surface area contributed by atoms with E-state index in [2.05, 4.69) is 5.32 Å². The highest BCUT2D eigenvalue weighted by atomic mass is 19.1. The second-order valence-electron chi connectivity index (χ2n) is 4.05. The predicted molar refractivity (Wildman–Crippen MR) is 56.0 cm³/mol. The topological polar surface area (TPSA) is 29.1 Å². The lowest BCUT2D eigenvalue weighted by atomic mass is 9.95. The SMILES string of the molecule is Cc1cc(F)ccc1CC1CCNC1=O. The van der Waals surface area contributed by atoms with Crippen LogP contribution >= 0.6 is 0 Å². The molecule has 0 aliphatic carbocycles. The van der Waals surface area contributed by atoms with Crippen LogP contribution in [-0.2, 0) is 11.2 Å². The van der Waals surface area contributed by atoms with Gasteiger partial charge in [-0.05, 0) is 43.0 Å². The number of carbonyl (C=O) groups excluding carboxylic acids is 1. The van der Waals surface area contributed by atoms with Gasteiger partial charge in [-0.3, -0.25) is 4.79 Å². The van der Waals surface area contributed by atoms with Crippen molar-refractivity contribution in [2.75, 3.05) is 6.54 Å². The number of hydrogen-bond donors (Lipinski definition) is 1. The molecule has 0 radical (unpaired) electrons. The van der Waals surface area contributed by atoms with Gasteiger partial charge in [0.05, 0.1) is 0 Å². The fourth-order valence-electron chi connectivity index (χ4n) is 1.99. The van der Waals surface area contributed by atoms with Gasteiger partial charge in [0.25, 0.3) is 0 Å². The van der Waals surface area contributed by atoms with E-state index in [9.17, 15) is 9.18 Å². The summed E-state index contributed by atoms with van der Waals surface area (Å²) in [5.74, 6) is -0.0278. The van der Waals surface area contributed by atoms with Crippen LogP contribution in [0.2, 0.25) is 0 Å². The maximum Gasteiger partial charge on any atom is 0.223 e. The maximum atomic E-state index is 12.9. The molecule has 1 fully saturated rings. The number of amides is 1. The second kappa shape index (κ2) is 4.01. The Morgan fingerprint density at radius 2 is 2.33 bits per heavy atom. The quantitative estimate of drug-likeness (QED) is 0.787. The zero-order valence-corrected chi connectivity index (χ0v) is 8.72. The maximum absolute atomic E-state index is 12.9. The Hall–Kier alpha value is -1.38. The van der Waals surface area contributed by atoms with E-state index in [1.807, 2.05) is 6.92 Å². The van der Waals surface area contributed by atoms with Crippen molar-refractivity contribution >= 4 is 5.91 Å². The molecule has 0 spiro atoms. The van der Waals surface area contributed by atoms with Gasteiger partial charge in [0.1, 0.15) is 5.82 Å². The molecule has 2 rings (SSSR count). The highest BCUT2D eigenvalue weighted by Crippen LogP contribution is 2.19. The molecule has 80 valence electrons. The molecule has 15 heavy (non-hydrogen) atoms. The molecule has 1 aromatic rings. The molecule has 1 atom stereocenters. The van der Waals surface area contributed by atoms with Gasteiger partial charge in [-0.15, -0.1) is 0 Å². The Bertz CT molecular complexity index is 389. The summed E-state index contributed by atoms with van der Waals surface area (Å²) in [4.78, 5) is 11.4. The number of benzene rings is 1. The van der Waals surface area contributed by atoms with Gasteiger partial charge >= 0.3 is 0 Å². The summed E-state index contributed by atoms with van der Waals surface area (Å²) >= 11 is 0. The van der Waals surface area contributed by atoms with E-state index in [-0.39, 0.29) is 17.6 Å². The molecule has 1 unspecified atom stereocenters. The third kappa shape index (κ3) is 2.17. The van der Waals surface area contributed by atoms with E-state index in [1.54, 1.807) is 6.07 Å². The number of halogens is 1. The Labute approximate surface area is 88.5 Å². The lowest BCUT2D eigenvalue weighted by molar-refractivity contribution is -0.122. The first-order chi connectivity index (χ1) is 7.16. The minimum Gasteiger partial charge on any atom is -0.356 e.